The first-order valence-corrected chi connectivity index (χ1v) is 5.08. The monoisotopic (exact) mass is 249 g/mol. The van der Waals surface area contributed by atoms with Crippen LogP contribution in [0.25, 0.3) is 0 Å². The lowest BCUT2D eigenvalue weighted by Crippen LogP contribution is -2.20. The van der Waals surface area contributed by atoms with Crippen LogP contribution < -0.4 is 5.32 Å². The van der Waals surface area contributed by atoms with Crippen LogP contribution in [0.2, 0.25) is 0 Å². The molecular formula is C10H14F3N3O. The summed E-state index contributed by atoms with van der Waals surface area (Å²) in [5.41, 5.74) is 0.537. The second kappa shape index (κ2) is 6.51. The maximum atomic E-state index is 12.1. The van der Waals surface area contributed by atoms with Crippen molar-refractivity contribution in [3.8, 4) is 0 Å². The van der Waals surface area contributed by atoms with Gasteiger partial charge in [-0.15, -0.1) is 0 Å². The fourth-order valence-electron chi connectivity index (χ4n) is 1.19. The molecule has 1 rings (SSSR count). The summed E-state index contributed by atoms with van der Waals surface area (Å²) in [7, 11) is 1.58. The molecule has 0 fully saturated rings. The van der Waals surface area contributed by atoms with Gasteiger partial charge in [0, 0.05) is 26.4 Å². The molecule has 1 aromatic rings. The molecule has 0 aliphatic carbocycles. The number of hydrogen-bond acceptors (Lipinski definition) is 4. The highest BCUT2D eigenvalue weighted by atomic mass is 19.4. The van der Waals surface area contributed by atoms with Crippen LogP contribution in [-0.2, 0) is 17.7 Å². The summed E-state index contributed by atoms with van der Waals surface area (Å²) in [4.78, 5) is 7.41. The number of rotatable bonds is 6. The SMILES string of the molecule is COCCNCc1ccnc(CC(F)(F)F)n1. The van der Waals surface area contributed by atoms with E-state index in [0.29, 0.717) is 25.4 Å². The summed E-state index contributed by atoms with van der Waals surface area (Å²) >= 11 is 0. The predicted molar refractivity (Wildman–Crippen MR) is 55.4 cm³/mol. The molecule has 0 unspecified atom stereocenters. The van der Waals surface area contributed by atoms with Crippen LogP contribution in [0.3, 0.4) is 0 Å². The molecule has 0 spiro atoms. The Morgan fingerprint density at radius 1 is 1.41 bits per heavy atom. The Morgan fingerprint density at radius 2 is 2.18 bits per heavy atom. The molecule has 1 heterocycles. The number of nitrogens with zero attached hydrogens (tertiary/aromatic N) is 2. The van der Waals surface area contributed by atoms with Gasteiger partial charge in [0.2, 0.25) is 0 Å². The summed E-state index contributed by atoms with van der Waals surface area (Å²) in [6.45, 7) is 1.56. The second-order valence-electron chi connectivity index (χ2n) is 3.43. The van der Waals surface area contributed by atoms with E-state index in [-0.39, 0.29) is 5.82 Å². The molecule has 0 aromatic carbocycles. The zero-order valence-corrected chi connectivity index (χ0v) is 9.42. The maximum Gasteiger partial charge on any atom is 0.396 e. The zero-order chi connectivity index (χ0) is 12.7. The average Bonchev–Trinajstić information content (AvgIpc) is 2.23. The molecule has 7 heteroatoms. The van der Waals surface area contributed by atoms with Crippen LogP contribution in [0.5, 0.6) is 0 Å². The highest BCUT2D eigenvalue weighted by molar-refractivity contribution is 5.03. The Morgan fingerprint density at radius 3 is 2.82 bits per heavy atom. The maximum absolute atomic E-state index is 12.1. The van der Waals surface area contributed by atoms with E-state index in [1.807, 2.05) is 0 Å². The Kier molecular flexibility index (Phi) is 5.30. The fraction of sp³-hybridized carbons (Fsp3) is 0.600. The third kappa shape index (κ3) is 6.18. The molecule has 0 aliphatic rings. The molecule has 0 bridgehead atoms. The van der Waals surface area contributed by atoms with E-state index >= 15 is 0 Å². The van der Waals surface area contributed by atoms with Crippen LogP contribution in [0.1, 0.15) is 11.5 Å². The van der Waals surface area contributed by atoms with Crippen molar-refractivity contribution in [2.45, 2.75) is 19.1 Å². The standard InChI is InChI=1S/C10H14F3N3O/c1-17-5-4-14-7-8-2-3-15-9(16-8)6-10(11,12)13/h2-3,14H,4-7H2,1H3. The topological polar surface area (TPSA) is 47.0 Å². The lowest BCUT2D eigenvalue weighted by atomic mass is 10.3. The molecule has 4 nitrogen and oxygen atoms in total. The van der Waals surface area contributed by atoms with E-state index in [9.17, 15) is 13.2 Å². The average molecular weight is 249 g/mol. The van der Waals surface area contributed by atoms with Gasteiger partial charge in [-0.05, 0) is 6.07 Å². The predicted octanol–water partition coefficient (Wildman–Crippen LogP) is 1.32. The number of ether oxygens (including phenoxy) is 1. The van der Waals surface area contributed by atoms with Gasteiger partial charge in [0.05, 0.1) is 12.3 Å². The van der Waals surface area contributed by atoms with Crippen molar-refractivity contribution < 1.29 is 17.9 Å². The van der Waals surface area contributed by atoms with Gasteiger partial charge in [0.25, 0.3) is 0 Å². The fourth-order valence-corrected chi connectivity index (χ4v) is 1.19. The number of halogens is 3. The summed E-state index contributed by atoms with van der Waals surface area (Å²) in [6, 6.07) is 1.58. The van der Waals surface area contributed by atoms with E-state index in [2.05, 4.69) is 15.3 Å². The number of hydrogen-bond donors (Lipinski definition) is 1. The van der Waals surface area contributed by atoms with Crippen molar-refractivity contribution in [3.05, 3.63) is 23.8 Å². The molecular weight excluding hydrogens is 235 g/mol. The summed E-state index contributed by atoms with van der Waals surface area (Å²) < 4.78 is 41.2. The van der Waals surface area contributed by atoms with E-state index < -0.39 is 12.6 Å². The number of nitrogens with one attached hydrogen (secondary N) is 1. The van der Waals surface area contributed by atoms with Gasteiger partial charge in [0.15, 0.2) is 0 Å². The number of aromatic nitrogens is 2. The Hall–Kier alpha value is -1.21. The number of methoxy groups -OCH3 is 1. The third-order valence-electron chi connectivity index (χ3n) is 1.91. The van der Waals surface area contributed by atoms with Gasteiger partial charge in [-0.25, -0.2) is 9.97 Å². The van der Waals surface area contributed by atoms with Crippen LogP contribution in [0, 0.1) is 0 Å². The van der Waals surface area contributed by atoms with E-state index in [1.165, 1.54) is 6.20 Å². The van der Waals surface area contributed by atoms with Gasteiger partial charge < -0.3 is 10.1 Å². The van der Waals surface area contributed by atoms with Crippen LogP contribution in [0.4, 0.5) is 13.2 Å². The lowest BCUT2D eigenvalue weighted by molar-refractivity contribution is -0.128. The molecule has 0 amide bonds. The van der Waals surface area contributed by atoms with Crippen molar-refractivity contribution in [3.63, 3.8) is 0 Å². The summed E-state index contributed by atoms with van der Waals surface area (Å²) in [5, 5.41) is 3.00. The molecule has 0 saturated heterocycles. The van der Waals surface area contributed by atoms with Crippen molar-refractivity contribution in [1.29, 1.82) is 0 Å². The molecule has 0 saturated carbocycles. The molecule has 96 valence electrons. The summed E-state index contributed by atoms with van der Waals surface area (Å²) in [6.07, 6.45) is -4.04. The first kappa shape index (κ1) is 13.9. The minimum atomic E-state index is -4.28. The molecule has 0 radical (unpaired) electrons. The Balaban J connectivity index is 2.48. The summed E-state index contributed by atoms with van der Waals surface area (Å²) in [5.74, 6) is -0.205. The number of alkyl halides is 3. The highest BCUT2D eigenvalue weighted by Gasteiger charge is 2.29. The van der Waals surface area contributed by atoms with Crippen molar-refractivity contribution in [2.24, 2.45) is 0 Å². The normalized spacial score (nSPS) is 11.8. The highest BCUT2D eigenvalue weighted by Crippen LogP contribution is 2.18. The van der Waals surface area contributed by atoms with E-state index in [0.717, 1.165) is 0 Å². The molecule has 0 atom stereocenters. The Labute approximate surface area is 97.2 Å². The molecule has 17 heavy (non-hydrogen) atoms. The second-order valence-corrected chi connectivity index (χ2v) is 3.43. The molecule has 1 aromatic heterocycles. The quantitative estimate of drug-likeness (QED) is 0.772. The van der Waals surface area contributed by atoms with Gasteiger partial charge in [0.1, 0.15) is 12.2 Å². The minimum Gasteiger partial charge on any atom is -0.383 e. The van der Waals surface area contributed by atoms with Crippen LogP contribution >= 0.6 is 0 Å². The zero-order valence-electron chi connectivity index (χ0n) is 9.42. The van der Waals surface area contributed by atoms with E-state index in [4.69, 9.17) is 4.74 Å². The van der Waals surface area contributed by atoms with Crippen LogP contribution in [-0.4, -0.2) is 36.4 Å². The smallest absolute Gasteiger partial charge is 0.383 e. The van der Waals surface area contributed by atoms with Gasteiger partial charge in [-0.3, -0.25) is 0 Å². The van der Waals surface area contributed by atoms with Crippen molar-refractivity contribution >= 4 is 0 Å². The van der Waals surface area contributed by atoms with Gasteiger partial charge >= 0.3 is 6.18 Å². The Bertz CT molecular complexity index is 344. The van der Waals surface area contributed by atoms with Crippen LogP contribution in [0.15, 0.2) is 12.3 Å². The van der Waals surface area contributed by atoms with Gasteiger partial charge in [-0.2, -0.15) is 13.2 Å². The van der Waals surface area contributed by atoms with Crippen molar-refractivity contribution in [1.82, 2.24) is 15.3 Å². The first-order chi connectivity index (χ1) is 8.01. The minimum absolute atomic E-state index is 0.205. The largest absolute Gasteiger partial charge is 0.396 e. The first-order valence-electron chi connectivity index (χ1n) is 5.08. The molecule has 0 aliphatic heterocycles. The third-order valence-corrected chi connectivity index (χ3v) is 1.91. The van der Waals surface area contributed by atoms with Gasteiger partial charge in [-0.1, -0.05) is 0 Å². The lowest BCUT2D eigenvalue weighted by Gasteiger charge is -2.07. The van der Waals surface area contributed by atoms with E-state index in [1.54, 1.807) is 13.2 Å². The molecule has 1 N–H and O–H groups in total. The van der Waals surface area contributed by atoms with Crippen molar-refractivity contribution in [2.75, 3.05) is 20.3 Å².